The van der Waals surface area contributed by atoms with Crippen LogP contribution < -0.4 is 10.1 Å². The van der Waals surface area contributed by atoms with Crippen molar-refractivity contribution in [2.24, 2.45) is 4.99 Å². The lowest BCUT2D eigenvalue weighted by Gasteiger charge is -2.34. The smallest absolute Gasteiger partial charge is 0.193 e. The first-order chi connectivity index (χ1) is 13.7. The second-order valence-corrected chi connectivity index (χ2v) is 7.30. The van der Waals surface area contributed by atoms with Crippen molar-refractivity contribution in [3.05, 3.63) is 65.6 Å². The summed E-state index contributed by atoms with van der Waals surface area (Å²) in [6.45, 7) is 2.45. The van der Waals surface area contributed by atoms with Crippen LogP contribution in [-0.4, -0.2) is 46.5 Å². The number of likely N-dealkylation sites (tertiary alicyclic amines) is 1. The predicted octanol–water partition coefficient (Wildman–Crippen LogP) is 4.22. The van der Waals surface area contributed by atoms with E-state index in [1.54, 1.807) is 0 Å². The van der Waals surface area contributed by atoms with Crippen LogP contribution in [-0.2, 0) is 6.54 Å². The minimum atomic E-state index is 0. The zero-order chi connectivity index (χ0) is 19.3. The van der Waals surface area contributed by atoms with Crippen molar-refractivity contribution >= 4 is 47.2 Å². The van der Waals surface area contributed by atoms with Gasteiger partial charge in [0.25, 0.3) is 0 Å². The Hall–Kier alpha value is -2.00. The summed E-state index contributed by atoms with van der Waals surface area (Å²) in [5, 5.41) is 4.12. The van der Waals surface area contributed by atoms with Gasteiger partial charge in [0.2, 0.25) is 0 Å². The number of hydrogen-bond donors (Lipinski definition) is 1. The maximum atomic E-state index is 6.08. The fraction of sp³-hybridized carbons (Fsp3) is 0.333. The molecule has 0 radical (unpaired) electrons. The highest BCUT2D eigenvalue weighted by Crippen LogP contribution is 2.19. The number of guanidine groups is 1. The molecule has 3 aromatic rings. The number of para-hydroxylation sites is 1. The highest BCUT2D eigenvalue weighted by atomic mass is 127. The molecule has 154 valence electrons. The third-order valence-electron chi connectivity index (χ3n) is 4.89. The molecule has 1 aromatic carbocycles. The molecule has 0 bridgehead atoms. The molecule has 1 fully saturated rings. The molecule has 6 nitrogen and oxygen atoms in total. The third-order valence-corrected chi connectivity index (χ3v) is 5.12. The standard InChI is InChI=1S/C21H24ClN5O.HI/c1-23-21(24-13-17-15-27-14-16(22)7-8-20(27)25-17)26-11-9-19(10-12-26)28-18-5-3-2-4-6-18;/h2-8,14-15,19H,9-13H2,1H3,(H,23,24);1H. The van der Waals surface area contributed by atoms with Gasteiger partial charge in [-0.25, -0.2) is 4.98 Å². The van der Waals surface area contributed by atoms with Crippen LogP contribution in [0.15, 0.2) is 59.9 Å². The number of benzene rings is 1. The molecule has 29 heavy (non-hydrogen) atoms. The molecule has 0 spiro atoms. The number of aromatic nitrogens is 2. The fourth-order valence-electron chi connectivity index (χ4n) is 3.48. The van der Waals surface area contributed by atoms with Crippen LogP contribution in [0, 0.1) is 0 Å². The molecular weight excluding hydrogens is 501 g/mol. The van der Waals surface area contributed by atoms with Gasteiger partial charge < -0.3 is 19.4 Å². The lowest BCUT2D eigenvalue weighted by atomic mass is 10.1. The van der Waals surface area contributed by atoms with Gasteiger partial charge in [-0.15, -0.1) is 24.0 Å². The first kappa shape index (κ1) is 21.7. The molecule has 3 heterocycles. The minimum Gasteiger partial charge on any atom is -0.490 e. The molecule has 0 saturated carbocycles. The van der Waals surface area contributed by atoms with Crippen molar-refractivity contribution in [1.29, 1.82) is 0 Å². The average Bonchev–Trinajstić information content (AvgIpc) is 3.12. The van der Waals surface area contributed by atoms with Crippen LogP contribution >= 0.6 is 35.6 Å². The molecule has 4 rings (SSSR count). The van der Waals surface area contributed by atoms with Gasteiger partial charge in [0, 0.05) is 45.4 Å². The van der Waals surface area contributed by atoms with E-state index in [-0.39, 0.29) is 30.1 Å². The number of piperidine rings is 1. The summed E-state index contributed by atoms with van der Waals surface area (Å²) in [4.78, 5) is 11.3. The first-order valence-electron chi connectivity index (χ1n) is 9.52. The summed E-state index contributed by atoms with van der Waals surface area (Å²) in [7, 11) is 1.82. The number of hydrogen-bond acceptors (Lipinski definition) is 3. The second kappa shape index (κ2) is 10.2. The van der Waals surface area contributed by atoms with Gasteiger partial charge in [-0.1, -0.05) is 29.8 Å². The number of nitrogens with one attached hydrogen (secondary N) is 1. The van der Waals surface area contributed by atoms with Gasteiger partial charge >= 0.3 is 0 Å². The van der Waals surface area contributed by atoms with E-state index >= 15 is 0 Å². The topological polar surface area (TPSA) is 54.2 Å². The Morgan fingerprint density at radius 2 is 1.93 bits per heavy atom. The van der Waals surface area contributed by atoms with Crippen LogP contribution in [0.25, 0.3) is 5.65 Å². The summed E-state index contributed by atoms with van der Waals surface area (Å²) in [6.07, 6.45) is 6.05. The third kappa shape index (κ3) is 5.54. The van der Waals surface area contributed by atoms with Crippen molar-refractivity contribution in [1.82, 2.24) is 19.6 Å². The quantitative estimate of drug-likeness (QED) is 0.315. The fourth-order valence-corrected chi connectivity index (χ4v) is 3.65. The van der Waals surface area contributed by atoms with Crippen molar-refractivity contribution in [2.75, 3.05) is 20.1 Å². The molecule has 1 N–H and O–H groups in total. The summed E-state index contributed by atoms with van der Waals surface area (Å²) in [6, 6.07) is 13.8. The summed E-state index contributed by atoms with van der Waals surface area (Å²) < 4.78 is 8.02. The molecule has 0 unspecified atom stereocenters. The molecule has 1 saturated heterocycles. The highest BCUT2D eigenvalue weighted by molar-refractivity contribution is 14.0. The number of pyridine rings is 1. The van der Waals surface area contributed by atoms with Gasteiger partial charge in [0.1, 0.15) is 17.5 Å². The van der Waals surface area contributed by atoms with Crippen LogP contribution in [0.2, 0.25) is 5.02 Å². The van der Waals surface area contributed by atoms with Crippen LogP contribution in [0.1, 0.15) is 18.5 Å². The second-order valence-electron chi connectivity index (χ2n) is 6.86. The number of rotatable bonds is 4. The number of fused-ring (bicyclic) bond motifs is 1. The summed E-state index contributed by atoms with van der Waals surface area (Å²) >= 11 is 6.04. The van der Waals surface area contributed by atoms with Gasteiger partial charge in [-0.2, -0.15) is 0 Å². The monoisotopic (exact) mass is 525 g/mol. The van der Waals surface area contributed by atoms with Crippen molar-refractivity contribution in [3.63, 3.8) is 0 Å². The molecule has 0 amide bonds. The van der Waals surface area contributed by atoms with Crippen molar-refractivity contribution < 1.29 is 4.74 Å². The maximum Gasteiger partial charge on any atom is 0.193 e. The van der Waals surface area contributed by atoms with E-state index < -0.39 is 0 Å². The Morgan fingerprint density at radius 1 is 1.17 bits per heavy atom. The van der Waals surface area contributed by atoms with Crippen LogP contribution in [0.4, 0.5) is 0 Å². The van der Waals surface area contributed by atoms with E-state index in [1.165, 1.54) is 0 Å². The van der Waals surface area contributed by atoms with Crippen molar-refractivity contribution in [2.45, 2.75) is 25.5 Å². The van der Waals surface area contributed by atoms with Crippen LogP contribution in [0.5, 0.6) is 5.75 Å². The van der Waals surface area contributed by atoms with Gasteiger partial charge in [0.15, 0.2) is 5.96 Å². The number of imidazole rings is 1. The number of nitrogens with zero attached hydrogens (tertiary/aromatic N) is 4. The predicted molar refractivity (Wildman–Crippen MR) is 127 cm³/mol. The largest absolute Gasteiger partial charge is 0.490 e. The summed E-state index contributed by atoms with van der Waals surface area (Å²) in [5.74, 6) is 1.84. The van der Waals surface area contributed by atoms with Gasteiger partial charge in [0.05, 0.1) is 17.3 Å². The molecule has 2 aromatic heterocycles. The minimum absolute atomic E-state index is 0. The average molecular weight is 526 g/mol. The van der Waals surface area contributed by atoms with Gasteiger partial charge in [-0.3, -0.25) is 4.99 Å². The van der Waals surface area contributed by atoms with E-state index in [1.807, 2.05) is 66.3 Å². The van der Waals surface area contributed by atoms with E-state index in [2.05, 4.69) is 20.2 Å². The van der Waals surface area contributed by atoms with E-state index in [9.17, 15) is 0 Å². The zero-order valence-electron chi connectivity index (χ0n) is 16.3. The molecular formula is C21H25ClIN5O. The number of halogens is 2. The van der Waals surface area contributed by atoms with Crippen LogP contribution in [0.3, 0.4) is 0 Å². The lowest BCUT2D eigenvalue weighted by Crippen LogP contribution is -2.47. The highest BCUT2D eigenvalue weighted by Gasteiger charge is 2.22. The molecule has 0 atom stereocenters. The summed E-state index contributed by atoms with van der Waals surface area (Å²) in [5.41, 5.74) is 1.83. The SMILES string of the molecule is CN=C(NCc1cn2cc(Cl)ccc2n1)N1CCC(Oc2ccccc2)CC1.I. The molecule has 1 aliphatic heterocycles. The zero-order valence-corrected chi connectivity index (χ0v) is 19.4. The Morgan fingerprint density at radius 3 is 2.66 bits per heavy atom. The normalized spacial score (nSPS) is 15.2. The Bertz CT molecular complexity index is 954. The maximum absolute atomic E-state index is 6.08. The molecule has 8 heteroatoms. The van der Waals surface area contributed by atoms with Gasteiger partial charge in [-0.05, 0) is 24.3 Å². The molecule has 0 aliphatic carbocycles. The van der Waals surface area contributed by atoms with Crippen molar-refractivity contribution in [3.8, 4) is 5.75 Å². The first-order valence-corrected chi connectivity index (χ1v) is 9.89. The van der Waals surface area contributed by atoms with E-state index in [4.69, 9.17) is 16.3 Å². The number of ether oxygens (including phenoxy) is 1. The lowest BCUT2D eigenvalue weighted by molar-refractivity contribution is 0.129. The van der Waals surface area contributed by atoms with E-state index in [0.29, 0.717) is 11.6 Å². The number of aliphatic imine (C=N–C) groups is 1. The molecule has 1 aliphatic rings. The Labute approximate surface area is 193 Å². The van der Waals surface area contributed by atoms with E-state index in [0.717, 1.165) is 49.0 Å². The Kier molecular flexibility index (Phi) is 7.60. The Balaban J connectivity index is 0.00000240.